The molecule has 1 fully saturated rings. The molecule has 1 saturated heterocycles. The lowest BCUT2D eigenvalue weighted by Crippen LogP contribution is -2.42. The van der Waals surface area contributed by atoms with Gasteiger partial charge in [0.25, 0.3) is 0 Å². The molecule has 1 aliphatic rings. The van der Waals surface area contributed by atoms with Gasteiger partial charge in [0.2, 0.25) is 5.88 Å². The number of carbonyl (C=O) groups is 1. The number of phenols is 1. The lowest BCUT2D eigenvalue weighted by molar-refractivity contribution is 0.0235. The van der Waals surface area contributed by atoms with Crippen molar-refractivity contribution in [2.24, 2.45) is 0 Å². The molecule has 2 aromatic heterocycles. The van der Waals surface area contributed by atoms with Gasteiger partial charge in [-0.2, -0.15) is 4.98 Å². The number of likely N-dealkylation sites (tertiary alicyclic amines) is 1. The van der Waals surface area contributed by atoms with Crippen molar-refractivity contribution in [2.45, 2.75) is 45.3 Å². The first kappa shape index (κ1) is 25.0. The number of benzene rings is 1. The summed E-state index contributed by atoms with van der Waals surface area (Å²) in [6.07, 6.45) is 6.30. The minimum absolute atomic E-state index is 0.0456. The summed E-state index contributed by atoms with van der Waals surface area (Å²) in [6, 6.07) is 8.20. The molecule has 0 bridgehead atoms. The Balaban J connectivity index is 1.57. The maximum Gasteiger partial charge on any atom is 0.410 e. The normalized spacial score (nSPS) is 15.4. The Morgan fingerprint density at radius 1 is 1.19 bits per heavy atom. The van der Waals surface area contributed by atoms with E-state index < -0.39 is 5.60 Å². The third-order valence-electron chi connectivity index (χ3n) is 5.53. The van der Waals surface area contributed by atoms with Crippen molar-refractivity contribution in [1.29, 1.82) is 0 Å². The predicted octanol–water partition coefficient (Wildman–Crippen LogP) is 4.86. The molecule has 1 aromatic carbocycles. The van der Waals surface area contributed by atoms with Gasteiger partial charge in [0.05, 0.1) is 25.5 Å². The molecule has 10 nitrogen and oxygen atoms in total. The second-order valence-electron chi connectivity index (χ2n) is 9.48. The highest BCUT2D eigenvalue weighted by atomic mass is 16.6. The molecule has 0 radical (unpaired) electrons. The molecule has 4 rings (SSSR count). The SMILES string of the molecule is COc1cncc(-c2ncc(NC[C@@H]3CCCN3C(=O)OC(C)(C)C)c(Oc3cccc(O)c3)n2)c1. The average Bonchev–Trinajstić information content (AvgIpc) is 3.31. The van der Waals surface area contributed by atoms with Crippen molar-refractivity contribution >= 4 is 11.8 Å². The number of anilines is 1. The second-order valence-corrected chi connectivity index (χ2v) is 9.48. The molecule has 2 N–H and O–H groups in total. The fourth-order valence-electron chi connectivity index (χ4n) is 3.85. The van der Waals surface area contributed by atoms with Crippen molar-refractivity contribution in [2.75, 3.05) is 25.5 Å². The molecule has 1 amide bonds. The molecule has 1 atom stereocenters. The summed E-state index contributed by atoms with van der Waals surface area (Å²) in [5.74, 6) is 1.75. The van der Waals surface area contributed by atoms with E-state index in [1.54, 1.807) is 54.9 Å². The number of hydrogen-bond donors (Lipinski definition) is 2. The van der Waals surface area contributed by atoms with Crippen LogP contribution in [-0.4, -0.2) is 62.9 Å². The Labute approximate surface area is 210 Å². The number of phenolic OH excluding ortho intramolecular Hbond substituents is 1. The number of hydrogen-bond acceptors (Lipinski definition) is 9. The highest BCUT2D eigenvalue weighted by molar-refractivity contribution is 5.69. The van der Waals surface area contributed by atoms with E-state index in [0.29, 0.717) is 41.7 Å². The summed E-state index contributed by atoms with van der Waals surface area (Å²) in [5.41, 5.74) is 0.654. The van der Waals surface area contributed by atoms with Gasteiger partial charge in [-0.15, -0.1) is 0 Å². The maximum absolute atomic E-state index is 12.7. The Bertz CT molecular complexity index is 1210. The number of nitrogens with zero attached hydrogens (tertiary/aromatic N) is 4. The van der Waals surface area contributed by atoms with E-state index in [2.05, 4.69) is 20.3 Å². The van der Waals surface area contributed by atoms with E-state index >= 15 is 0 Å². The summed E-state index contributed by atoms with van der Waals surface area (Å²) < 4.78 is 16.9. The minimum Gasteiger partial charge on any atom is -0.508 e. The fourth-order valence-corrected chi connectivity index (χ4v) is 3.85. The molecule has 3 aromatic rings. The molecule has 190 valence electrons. The first-order valence-corrected chi connectivity index (χ1v) is 11.8. The van der Waals surface area contributed by atoms with Gasteiger partial charge in [0.15, 0.2) is 5.82 Å². The van der Waals surface area contributed by atoms with Gasteiger partial charge in [-0.05, 0) is 51.8 Å². The molecular formula is C26H31N5O5. The minimum atomic E-state index is -0.557. The van der Waals surface area contributed by atoms with Gasteiger partial charge in [-0.25, -0.2) is 9.78 Å². The largest absolute Gasteiger partial charge is 0.508 e. The lowest BCUT2D eigenvalue weighted by Gasteiger charge is -2.29. The van der Waals surface area contributed by atoms with Crippen LogP contribution in [0.4, 0.5) is 10.5 Å². The van der Waals surface area contributed by atoms with E-state index in [9.17, 15) is 9.90 Å². The third-order valence-corrected chi connectivity index (χ3v) is 5.53. The van der Waals surface area contributed by atoms with E-state index in [1.165, 1.54) is 6.07 Å². The number of rotatable bonds is 7. The number of pyridine rings is 1. The van der Waals surface area contributed by atoms with E-state index in [4.69, 9.17) is 14.2 Å². The summed E-state index contributed by atoms with van der Waals surface area (Å²) in [7, 11) is 1.56. The molecule has 0 aliphatic carbocycles. The molecule has 10 heteroatoms. The van der Waals surface area contributed by atoms with Crippen LogP contribution in [0.3, 0.4) is 0 Å². The number of aromatic nitrogens is 3. The van der Waals surface area contributed by atoms with Gasteiger partial charge in [-0.3, -0.25) is 4.98 Å². The highest BCUT2D eigenvalue weighted by Gasteiger charge is 2.32. The number of aromatic hydroxyl groups is 1. The predicted molar refractivity (Wildman–Crippen MR) is 134 cm³/mol. The molecule has 36 heavy (non-hydrogen) atoms. The summed E-state index contributed by atoms with van der Waals surface area (Å²) >= 11 is 0. The van der Waals surface area contributed by atoms with Crippen LogP contribution in [-0.2, 0) is 4.74 Å². The van der Waals surface area contributed by atoms with Crippen LogP contribution in [0, 0.1) is 0 Å². The number of amides is 1. The first-order chi connectivity index (χ1) is 17.2. The van der Waals surface area contributed by atoms with Crippen LogP contribution >= 0.6 is 0 Å². The van der Waals surface area contributed by atoms with Crippen molar-refractivity contribution < 1.29 is 24.1 Å². The Morgan fingerprint density at radius 3 is 2.78 bits per heavy atom. The molecule has 3 heterocycles. The molecule has 1 aliphatic heterocycles. The topological polar surface area (TPSA) is 119 Å². The van der Waals surface area contributed by atoms with Crippen molar-refractivity contribution in [3.8, 4) is 34.5 Å². The second kappa shape index (κ2) is 10.7. The van der Waals surface area contributed by atoms with Gasteiger partial charge in [0.1, 0.15) is 28.5 Å². The average molecular weight is 494 g/mol. The van der Waals surface area contributed by atoms with Crippen LogP contribution in [0.15, 0.2) is 48.9 Å². The van der Waals surface area contributed by atoms with Crippen molar-refractivity contribution in [3.05, 3.63) is 48.9 Å². The number of carbonyl (C=O) groups excluding carboxylic acids is 1. The van der Waals surface area contributed by atoms with E-state index in [-0.39, 0.29) is 23.8 Å². The number of methoxy groups -OCH3 is 1. The Kier molecular flexibility index (Phi) is 7.42. The van der Waals surface area contributed by atoms with Crippen LogP contribution in [0.25, 0.3) is 11.4 Å². The number of nitrogens with one attached hydrogen (secondary N) is 1. The zero-order valence-corrected chi connectivity index (χ0v) is 20.9. The van der Waals surface area contributed by atoms with Gasteiger partial charge < -0.3 is 29.5 Å². The van der Waals surface area contributed by atoms with Gasteiger partial charge >= 0.3 is 6.09 Å². The van der Waals surface area contributed by atoms with Crippen molar-refractivity contribution in [1.82, 2.24) is 19.9 Å². The monoisotopic (exact) mass is 493 g/mol. The van der Waals surface area contributed by atoms with Crippen LogP contribution in [0.1, 0.15) is 33.6 Å². The van der Waals surface area contributed by atoms with Gasteiger partial charge in [-0.1, -0.05) is 6.07 Å². The molecule has 0 unspecified atom stereocenters. The molecule has 0 saturated carbocycles. The zero-order valence-electron chi connectivity index (χ0n) is 20.9. The van der Waals surface area contributed by atoms with Gasteiger partial charge in [0, 0.05) is 30.9 Å². The lowest BCUT2D eigenvalue weighted by atomic mass is 10.2. The third kappa shape index (κ3) is 6.32. The van der Waals surface area contributed by atoms with Crippen LogP contribution in [0.5, 0.6) is 23.1 Å². The van der Waals surface area contributed by atoms with Crippen LogP contribution in [0.2, 0.25) is 0 Å². The summed E-state index contributed by atoms with van der Waals surface area (Å²) in [5, 5.41) is 13.2. The van der Waals surface area contributed by atoms with E-state index in [1.807, 2.05) is 20.8 Å². The number of ether oxygens (including phenoxy) is 3. The van der Waals surface area contributed by atoms with E-state index in [0.717, 1.165) is 12.8 Å². The summed E-state index contributed by atoms with van der Waals surface area (Å²) in [6.45, 7) is 6.69. The Hall–Kier alpha value is -4.08. The molecule has 0 spiro atoms. The Morgan fingerprint density at radius 2 is 2.03 bits per heavy atom. The zero-order chi connectivity index (χ0) is 25.7. The quantitative estimate of drug-likeness (QED) is 0.476. The standard InChI is InChI=1S/C26H31N5O5/c1-26(2,3)36-25(33)31-10-6-7-18(31)14-28-22-16-29-23(17-11-21(34-4)15-27-13-17)30-24(22)35-20-9-5-8-19(32)12-20/h5,8-9,11-13,15-16,18,28,32H,6-7,10,14H2,1-4H3/t18-/m0/s1. The first-order valence-electron chi connectivity index (χ1n) is 11.8. The van der Waals surface area contributed by atoms with Crippen molar-refractivity contribution in [3.63, 3.8) is 0 Å². The highest BCUT2D eigenvalue weighted by Crippen LogP contribution is 2.32. The maximum atomic E-state index is 12.7. The fraction of sp³-hybridized carbons (Fsp3) is 0.385. The summed E-state index contributed by atoms with van der Waals surface area (Å²) in [4.78, 5) is 27.7. The molecular weight excluding hydrogens is 462 g/mol. The van der Waals surface area contributed by atoms with Crippen LogP contribution < -0.4 is 14.8 Å². The smallest absolute Gasteiger partial charge is 0.410 e.